The molecule has 3 unspecified atom stereocenters. The molecule has 0 aromatic carbocycles. The molecule has 20 heavy (non-hydrogen) atoms. The largest absolute Gasteiger partial charge is 0.380 e. The molecule has 0 aromatic rings. The number of nitrogens with two attached hydrogens (primary N) is 1. The molecule has 3 N–H and O–H groups in total. The molecule has 116 valence electrons. The SMILES string of the molecule is CC1(C)C2OCCCC2C1(N)CNCCOCC1CC1. The molecule has 3 fully saturated rings. The average Bonchev–Trinajstić information content (AvgIpc) is 3.26. The zero-order valence-electron chi connectivity index (χ0n) is 13.0. The summed E-state index contributed by atoms with van der Waals surface area (Å²) in [5.74, 6) is 1.37. The first-order valence-corrected chi connectivity index (χ1v) is 8.24. The van der Waals surface area contributed by atoms with Crippen LogP contribution in [-0.4, -0.2) is 44.6 Å². The lowest BCUT2D eigenvalue weighted by atomic mass is 9.46. The monoisotopic (exact) mass is 282 g/mol. The van der Waals surface area contributed by atoms with Crippen molar-refractivity contribution >= 4 is 0 Å². The van der Waals surface area contributed by atoms with Gasteiger partial charge in [-0.2, -0.15) is 0 Å². The van der Waals surface area contributed by atoms with Crippen LogP contribution in [0.25, 0.3) is 0 Å². The molecule has 2 aliphatic carbocycles. The van der Waals surface area contributed by atoms with E-state index in [2.05, 4.69) is 19.2 Å². The fourth-order valence-electron chi connectivity index (χ4n) is 4.00. The van der Waals surface area contributed by atoms with E-state index in [1.165, 1.54) is 19.3 Å². The van der Waals surface area contributed by atoms with Crippen molar-refractivity contribution < 1.29 is 9.47 Å². The van der Waals surface area contributed by atoms with Gasteiger partial charge in [0, 0.05) is 43.2 Å². The van der Waals surface area contributed by atoms with Gasteiger partial charge in [0.05, 0.1) is 12.7 Å². The van der Waals surface area contributed by atoms with E-state index in [-0.39, 0.29) is 11.0 Å². The van der Waals surface area contributed by atoms with E-state index in [1.807, 2.05) is 0 Å². The van der Waals surface area contributed by atoms with Crippen LogP contribution in [0.3, 0.4) is 0 Å². The Labute approximate surface area is 122 Å². The number of ether oxygens (including phenoxy) is 2. The molecule has 0 bridgehead atoms. The average molecular weight is 282 g/mol. The quantitative estimate of drug-likeness (QED) is 0.695. The van der Waals surface area contributed by atoms with E-state index in [4.69, 9.17) is 15.2 Å². The van der Waals surface area contributed by atoms with Gasteiger partial charge in [-0.3, -0.25) is 0 Å². The summed E-state index contributed by atoms with van der Waals surface area (Å²) in [6.45, 7) is 8.94. The van der Waals surface area contributed by atoms with E-state index in [0.717, 1.165) is 45.2 Å². The normalized spacial score (nSPS) is 39.1. The minimum atomic E-state index is -0.130. The molecule has 4 heteroatoms. The molecule has 3 aliphatic rings. The van der Waals surface area contributed by atoms with Crippen LogP contribution in [0, 0.1) is 17.3 Å². The van der Waals surface area contributed by atoms with Crippen molar-refractivity contribution in [3.63, 3.8) is 0 Å². The molecule has 3 rings (SSSR count). The molecule has 0 spiro atoms. The zero-order valence-corrected chi connectivity index (χ0v) is 13.0. The number of hydrogen-bond acceptors (Lipinski definition) is 4. The third-order valence-corrected chi connectivity index (χ3v) is 5.79. The van der Waals surface area contributed by atoms with Crippen molar-refractivity contribution in [1.29, 1.82) is 0 Å². The first-order valence-electron chi connectivity index (χ1n) is 8.24. The van der Waals surface area contributed by atoms with Gasteiger partial charge in [0.2, 0.25) is 0 Å². The van der Waals surface area contributed by atoms with Crippen molar-refractivity contribution in [3.8, 4) is 0 Å². The van der Waals surface area contributed by atoms with Crippen molar-refractivity contribution in [3.05, 3.63) is 0 Å². The molecular weight excluding hydrogens is 252 g/mol. The zero-order chi connectivity index (χ0) is 14.2. The smallest absolute Gasteiger partial charge is 0.0690 e. The lowest BCUT2D eigenvalue weighted by Gasteiger charge is -2.66. The van der Waals surface area contributed by atoms with Gasteiger partial charge < -0.3 is 20.5 Å². The van der Waals surface area contributed by atoms with Crippen molar-refractivity contribution in [2.45, 2.75) is 51.2 Å². The summed E-state index contributed by atoms with van der Waals surface area (Å²) < 4.78 is 11.6. The Kier molecular flexibility index (Phi) is 4.10. The van der Waals surface area contributed by atoms with E-state index < -0.39 is 0 Å². The van der Waals surface area contributed by atoms with Gasteiger partial charge >= 0.3 is 0 Å². The second-order valence-electron chi connectivity index (χ2n) is 7.50. The van der Waals surface area contributed by atoms with Crippen LogP contribution in [0.5, 0.6) is 0 Å². The van der Waals surface area contributed by atoms with E-state index in [0.29, 0.717) is 12.0 Å². The Morgan fingerprint density at radius 1 is 1.30 bits per heavy atom. The number of nitrogens with one attached hydrogen (secondary N) is 1. The molecule has 4 nitrogen and oxygen atoms in total. The fraction of sp³-hybridized carbons (Fsp3) is 1.00. The summed E-state index contributed by atoms with van der Waals surface area (Å²) in [5.41, 5.74) is 6.66. The molecule has 3 atom stereocenters. The van der Waals surface area contributed by atoms with Gasteiger partial charge in [-0.1, -0.05) is 13.8 Å². The van der Waals surface area contributed by atoms with Gasteiger partial charge in [0.15, 0.2) is 0 Å². The predicted octanol–water partition coefficient (Wildman–Crippen LogP) is 1.54. The van der Waals surface area contributed by atoms with Crippen LogP contribution < -0.4 is 11.1 Å². The van der Waals surface area contributed by atoms with Crippen molar-refractivity contribution in [1.82, 2.24) is 5.32 Å². The Balaban J connectivity index is 1.40. The summed E-state index contributed by atoms with van der Waals surface area (Å²) in [4.78, 5) is 0. The summed E-state index contributed by atoms with van der Waals surface area (Å²) >= 11 is 0. The second-order valence-corrected chi connectivity index (χ2v) is 7.50. The first-order chi connectivity index (χ1) is 9.56. The summed E-state index contributed by atoms with van der Waals surface area (Å²) in [6.07, 6.45) is 5.44. The van der Waals surface area contributed by atoms with Crippen LogP contribution in [0.15, 0.2) is 0 Å². The van der Waals surface area contributed by atoms with Crippen LogP contribution in [-0.2, 0) is 9.47 Å². The highest BCUT2D eigenvalue weighted by molar-refractivity contribution is 5.20. The van der Waals surface area contributed by atoms with E-state index in [1.54, 1.807) is 0 Å². The summed E-state index contributed by atoms with van der Waals surface area (Å²) in [5, 5.41) is 3.51. The molecule has 0 aromatic heterocycles. The Hall–Kier alpha value is -0.160. The molecule has 0 amide bonds. The van der Waals surface area contributed by atoms with Gasteiger partial charge in [0.25, 0.3) is 0 Å². The molecule has 0 radical (unpaired) electrons. The minimum absolute atomic E-state index is 0.0694. The fourth-order valence-corrected chi connectivity index (χ4v) is 4.00. The second kappa shape index (κ2) is 5.56. The Morgan fingerprint density at radius 3 is 2.85 bits per heavy atom. The number of rotatable bonds is 7. The predicted molar refractivity (Wildman–Crippen MR) is 79.6 cm³/mol. The highest BCUT2D eigenvalue weighted by Gasteiger charge is 2.65. The van der Waals surface area contributed by atoms with Crippen molar-refractivity contribution in [2.24, 2.45) is 23.0 Å². The lowest BCUT2D eigenvalue weighted by Crippen LogP contribution is -2.80. The maximum atomic E-state index is 6.72. The van der Waals surface area contributed by atoms with Crippen LogP contribution in [0.1, 0.15) is 39.5 Å². The van der Waals surface area contributed by atoms with E-state index >= 15 is 0 Å². The van der Waals surface area contributed by atoms with Gasteiger partial charge in [-0.05, 0) is 31.6 Å². The van der Waals surface area contributed by atoms with Gasteiger partial charge in [-0.15, -0.1) is 0 Å². The van der Waals surface area contributed by atoms with Gasteiger partial charge in [0.1, 0.15) is 0 Å². The van der Waals surface area contributed by atoms with E-state index in [9.17, 15) is 0 Å². The molecule has 1 heterocycles. The topological polar surface area (TPSA) is 56.5 Å². The van der Waals surface area contributed by atoms with Crippen LogP contribution >= 0.6 is 0 Å². The Bertz CT molecular complexity index is 343. The molecule has 1 saturated heterocycles. The minimum Gasteiger partial charge on any atom is -0.380 e. The lowest BCUT2D eigenvalue weighted by molar-refractivity contribution is -0.225. The standard InChI is InChI=1S/C16H30N2O2/c1-15(2)14-13(4-3-8-20-14)16(15,17)11-18-7-9-19-10-12-5-6-12/h12-14,18H,3-11,17H2,1-2H3. The number of fused-ring (bicyclic) bond motifs is 1. The summed E-state index contributed by atoms with van der Waals surface area (Å²) in [7, 11) is 0. The van der Waals surface area contributed by atoms with Crippen LogP contribution in [0.4, 0.5) is 0 Å². The molecule has 2 saturated carbocycles. The highest BCUT2D eigenvalue weighted by Crippen LogP contribution is 2.56. The van der Waals surface area contributed by atoms with Crippen LogP contribution in [0.2, 0.25) is 0 Å². The maximum absolute atomic E-state index is 6.72. The first kappa shape index (κ1) is 14.8. The Morgan fingerprint density at radius 2 is 2.10 bits per heavy atom. The molecular formula is C16H30N2O2. The summed E-state index contributed by atoms with van der Waals surface area (Å²) in [6, 6.07) is 0. The highest BCUT2D eigenvalue weighted by atomic mass is 16.5. The van der Waals surface area contributed by atoms with Gasteiger partial charge in [-0.25, -0.2) is 0 Å². The maximum Gasteiger partial charge on any atom is 0.0690 e. The third-order valence-electron chi connectivity index (χ3n) is 5.79. The van der Waals surface area contributed by atoms with Crippen molar-refractivity contribution in [2.75, 3.05) is 32.9 Å². The molecule has 1 aliphatic heterocycles. The number of hydrogen-bond donors (Lipinski definition) is 2. The third kappa shape index (κ3) is 2.52.